The number of nitrogens with two attached hydrogens (primary N) is 1. The summed E-state index contributed by atoms with van der Waals surface area (Å²) in [5.41, 5.74) is 9.58. The quantitative estimate of drug-likeness (QED) is 0.665. The van der Waals surface area contributed by atoms with E-state index < -0.39 is 11.2 Å². The van der Waals surface area contributed by atoms with Crippen LogP contribution in [0.3, 0.4) is 0 Å². The summed E-state index contributed by atoms with van der Waals surface area (Å²) in [6, 6.07) is 24.8. The minimum absolute atomic E-state index is 0.0859. The maximum Gasteiger partial charge on any atom is 0.251 e. The van der Waals surface area contributed by atoms with Gasteiger partial charge in [-0.1, -0.05) is 71.9 Å². The summed E-state index contributed by atoms with van der Waals surface area (Å²) in [4.78, 5) is 31.6. The first-order valence-electron chi connectivity index (χ1n) is 9.60. The summed E-state index contributed by atoms with van der Waals surface area (Å²) in [7, 11) is 0. The number of para-hydroxylation sites is 2. The van der Waals surface area contributed by atoms with Crippen LogP contribution in [0.4, 0.5) is 11.4 Å². The van der Waals surface area contributed by atoms with E-state index in [0.717, 1.165) is 28.1 Å². The van der Waals surface area contributed by atoms with Crippen molar-refractivity contribution in [1.82, 2.24) is 0 Å². The van der Waals surface area contributed by atoms with E-state index in [2.05, 4.69) is 0 Å². The number of thioether (sulfide) groups is 1. The fraction of sp³-hybridized carbons (Fsp3) is 0.125. The molecule has 1 saturated heterocycles. The van der Waals surface area contributed by atoms with Crippen LogP contribution in [0.25, 0.3) is 0 Å². The van der Waals surface area contributed by atoms with Crippen LogP contribution in [-0.2, 0) is 16.0 Å². The van der Waals surface area contributed by atoms with Crippen molar-refractivity contribution in [3.63, 3.8) is 0 Å². The highest BCUT2D eigenvalue weighted by atomic mass is 32.2. The van der Waals surface area contributed by atoms with Crippen molar-refractivity contribution in [2.24, 2.45) is 10.7 Å². The van der Waals surface area contributed by atoms with Gasteiger partial charge in [-0.15, -0.1) is 0 Å². The van der Waals surface area contributed by atoms with Crippen molar-refractivity contribution in [3.8, 4) is 0 Å². The average molecular weight is 416 g/mol. The average Bonchev–Trinajstić information content (AvgIpc) is 3.06. The number of benzene rings is 3. The Hall–Kier alpha value is -3.38. The van der Waals surface area contributed by atoms with Gasteiger partial charge in [-0.05, 0) is 42.3 Å². The smallest absolute Gasteiger partial charge is 0.251 e. The Kier molecular flexibility index (Phi) is 5.68. The van der Waals surface area contributed by atoms with Gasteiger partial charge >= 0.3 is 0 Å². The zero-order valence-corrected chi connectivity index (χ0v) is 17.3. The summed E-state index contributed by atoms with van der Waals surface area (Å²) in [6.45, 7) is 1.97. The van der Waals surface area contributed by atoms with Gasteiger partial charge in [0.2, 0.25) is 5.91 Å². The van der Waals surface area contributed by atoms with E-state index in [1.807, 2.05) is 85.8 Å². The summed E-state index contributed by atoms with van der Waals surface area (Å²) in [6.07, 6.45) is 0.0937. The van der Waals surface area contributed by atoms with Gasteiger partial charge in [0, 0.05) is 0 Å². The van der Waals surface area contributed by atoms with Gasteiger partial charge < -0.3 is 5.73 Å². The molecule has 0 aliphatic carbocycles. The van der Waals surface area contributed by atoms with Crippen LogP contribution in [-0.4, -0.2) is 17.0 Å². The molecule has 3 aromatic carbocycles. The molecule has 5 nitrogen and oxygen atoms in total. The van der Waals surface area contributed by atoms with E-state index in [9.17, 15) is 9.59 Å². The first-order chi connectivity index (χ1) is 14.5. The lowest BCUT2D eigenvalue weighted by atomic mass is 9.98. The first kappa shape index (κ1) is 19.9. The van der Waals surface area contributed by atoms with Crippen molar-refractivity contribution >= 4 is 40.1 Å². The van der Waals surface area contributed by atoms with Crippen molar-refractivity contribution in [2.45, 2.75) is 18.6 Å². The topological polar surface area (TPSA) is 75.8 Å². The van der Waals surface area contributed by atoms with Crippen LogP contribution in [0.5, 0.6) is 0 Å². The van der Waals surface area contributed by atoms with E-state index in [-0.39, 0.29) is 12.3 Å². The first-order valence-corrected chi connectivity index (χ1v) is 10.5. The largest absolute Gasteiger partial charge is 0.369 e. The van der Waals surface area contributed by atoms with Crippen molar-refractivity contribution in [1.29, 1.82) is 0 Å². The molecule has 0 aromatic heterocycles. The monoisotopic (exact) mass is 415 g/mol. The second kappa shape index (κ2) is 8.55. The van der Waals surface area contributed by atoms with Gasteiger partial charge in [0.1, 0.15) is 5.25 Å². The number of aryl methyl sites for hydroxylation is 1. The Bertz CT molecular complexity index is 1110. The van der Waals surface area contributed by atoms with E-state index in [4.69, 9.17) is 10.7 Å². The summed E-state index contributed by atoms with van der Waals surface area (Å²) in [5, 5.41) is 0.107. The van der Waals surface area contributed by atoms with E-state index in [1.165, 1.54) is 11.8 Å². The number of primary amides is 1. The fourth-order valence-corrected chi connectivity index (χ4v) is 4.65. The minimum Gasteiger partial charge on any atom is -0.369 e. The minimum atomic E-state index is -0.498. The second-order valence-corrected chi connectivity index (χ2v) is 8.15. The Labute approximate surface area is 179 Å². The molecule has 2 N–H and O–H groups in total. The number of rotatable bonds is 5. The lowest BCUT2D eigenvalue weighted by Crippen LogP contribution is -2.30. The van der Waals surface area contributed by atoms with Crippen LogP contribution >= 0.6 is 11.8 Å². The Balaban J connectivity index is 1.80. The molecule has 1 atom stereocenters. The Morgan fingerprint density at radius 3 is 2.37 bits per heavy atom. The van der Waals surface area contributed by atoms with Gasteiger partial charge in [-0.3, -0.25) is 14.5 Å². The highest BCUT2D eigenvalue weighted by Crippen LogP contribution is 2.44. The SMILES string of the molecule is Cc1ccc(CC(N)=O)c(C2SC(=Nc3ccccc3)N(c3ccccc3)C2=O)c1. The lowest BCUT2D eigenvalue weighted by Gasteiger charge is -2.17. The van der Waals surface area contributed by atoms with Crippen LogP contribution in [0.15, 0.2) is 83.9 Å². The molecule has 6 heteroatoms. The zero-order chi connectivity index (χ0) is 21.1. The standard InChI is InChI=1S/C24H21N3O2S/c1-16-12-13-17(15-21(25)28)20(14-16)22-23(29)27(19-10-6-3-7-11-19)24(30-22)26-18-8-4-2-5-9-18/h2-14,22H,15H2,1H3,(H2,25,28). The molecule has 30 heavy (non-hydrogen) atoms. The number of carbonyl (C=O) groups excluding carboxylic acids is 2. The summed E-state index contributed by atoms with van der Waals surface area (Å²) in [5.74, 6) is -0.508. The third kappa shape index (κ3) is 4.14. The Morgan fingerprint density at radius 2 is 1.70 bits per heavy atom. The molecule has 2 amide bonds. The molecule has 0 radical (unpaired) electrons. The predicted molar refractivity (Wildman–Crippen MR) is 122 cm³/mol. The number of amidine groups is 1. The van der Waals surface area contributed by atoms with E-state index >= 15 is 0 Å². The molecule has 1 fully saturated rings. The third-order valence-corrected chi connectivity index (χ3v) is 5.98. The number of nitrogens with zero attached hydrogens (tertiary/aromatic N) is 2. The number of hydrogen-bond acceptors (Lipinski definition) is 4. The van der Waals surface area contributed by atoms with Crippen molar-refractivity contribution < 1.29 is 9.59 Å². The van der Waals surface area contributed by atoms with Gasteiger partial charge in [-0.2, -0.15) is 0 Å². The van der Waals surface area contributed by atoms with Gasteiger partial charge in [-0.25, -0.2) is 4.99 Å². The second-order valence-electron chi connectivity index (χ2n) is 7.08. The Morgan fingerprint density at radius 1 is 1.03 bits per heavy atom. The van der Waals surface area contributed by atoms with Crippen molar-refractivity contribution in [2.75, 3.05) is 4.90 Å². The molecule has 1 aliphatic rings. The number of aliphatic imine (C=N–C) groups is 1. The van der Waals surface area contributed by atoms with Gasteiger partial charge in [0.15, 0.2) is 5.17 Å². The van der Waals surface area contributed by atoms with Gasteiger partial charge in [0.05, 0.1) is 17.8 Å². The molecule has 0 saturated carbocycles. The molecule has 4 rings (SSSR count). The molecular weight excluding hydrogens is 394 g/mol. The molecular formula is C24H21N3O2S. The number of anilines is 1. The molecule has 0 spiro atoms. The van der Waals surface area contributed by atoms with Crippen LogP contribution < -0.4 is 10.6 Å². The summed E-state index contributed by atoms with van der Waals surface area (Å²) < 4.78 is 0. The number of hydrogen-bond donors (Lipinski definition) is 1. The lowest BCUT2D eigenvalue weighted by molar-refractivity contribution is -0.118. The molecule has 1 aliphatic heterocycles. The highest BCUT2D eigenvalue weighted by Gasteiger charge is 2.41. The molecule has 3 aromatic rings. The van der Waals surface area contributed by atoms with Crippen molar-refractivity contribution in [3.05, 3.63) is 95.6 Å². The van der Waals surface area contributed by atoms with Crippen LogP contribution in [0.1, 0.15) is 21.9 Å². The van der Waals surface area contributed by atoms with Gasteiger partial charge in [0.25, 0.3) is 5.91 Å². The summed E-state index contributed by atoms with van der Waals surface area (Å²) >= 11 is 1.39. The molecule has 150 valence electrons. The van der Waals surface area contributed by atoms with Crippen LogP contribution in [0, 0.1) is 6.92 Å². The van der Waals surface area contributed by atoms with Crippen LogP contribution in [0.2, 0.25) is 0 Å². The third-order valence-electron chi connectivity index (χ3n) is 4.80. The fourth-order valence-electron chi connectivity index (χ4n) is 3.43. The van der Waals surface area contributed by atoms with E-state index in [0.29, 0.717) is 5.17 Å². The highest BCUT2D eigenvalue weighted by molar-refractivity contribution is 8.15. The molecule has 0 bridgehead atoms. The van der Waals surface area contributed by atoms with E-state index in [1.54, 1.807) is 4.90 Å². The number of carbonyl (C=O) groups is 2. The predicted octanol–water partition coefficient (Wildman–Crippen LogP) is 4.53. The number of amides is 2. The molecule has 1 unspecified atom stereocenters. The maximum atomic E-state index is 13.6. The zero-order valence-electron chi connectivity index (χ0n) is 16.5. The normalized spacial score (nSPS) is 17.5. The molecule has 1 heterocycles. The maximum absolute atomic E-state index is 13.6.